The van der Waals surface area contributed by atoms with Gasteiger partial charge in [0.1, 0.15) is 5.75 Å². The fourth-order valence-corrected chi connectivity index (χ4v) is 2.41. The Hall–Kier alpha value is -1.50. The molecular formula is C17H22O3. The first-order chi connectivity index (χ1) is 9.83. The molecule has 1 fully saturated rings. The van der Waals surface area contributed by atoms with Crippen molar-refractivity contribution in [1.29, 1.82) is 0 Å². The predicted molar refractivity (Wildman–Crippen MR) is 78.6 cm³/mol. The Bertz CT molecular complexity index is 479. The zero-order valence-corrected chi connectivity index (χ0v) is 12.0. The third-order valence-corrected chi connectivity index (χ3v) is 3.55. The minimum atomic E-state index is 0.0943. The van der Waals surface area contributed by atoms with Crippen LogP contribution >= 0.6 is 0 Å². The van der Waals surface area contributed by atoms with Crippen molar-refractivity contribution in [3.05, 3.63) is 29.3 Å². The lowest BCUT2D eigenvalue weighted by molar-refractivity contribution is 0.0455. The summed E-state index contributed by atoms with van der Waals surface area (Å²) < 4.78 is 11.2. The minimum Gasteiger partial charge on any atom is -0.497 e. The number of methoxy groups -OCH3 is 1. The van der Waals surface area contributed by atoms with Gasteiger partial charge in [0.25, 0.3) is 0 Å². The Morgan fingerprint density at radius 2 is 2.10 bits per heavy atom. The van der Waals surface area contributed by atoms with Gasteiger partial charge in [0.15, 0.2) is 0 Å². The molecule has 1 N–H and O–H groups in total. The molecule has 1 saturated carbocycles. The SMILES string of the molecule is COc1ccc(C#CCCO)c(COC2CCCC2)c1. The molecule has 1 aliphatic rings. The quantitative estimate of drug-likeness (QED) is 0.839. The molecule has 0 unspecified atom stereocenters. The highest BCUT2D eigenvalue weighted by Crippen LogP contribution is 2.24. The molecule has 1 aliphatic carbocycles. The predicted octanol–water partition coefficient (Wildman–Crippen LogP) is 2.89. The van der Waals surface area contributed by atoms with Crippen LogP contribution in [0, 0.1) is 11.8 Å². The fraction of sp³-hybridized carbons (Fsp3) is 0.529. The van der Waals surface area contributed by atoms with Gasteiger partial charge in [0.05, 0.1) is 26.4 Å². The maximum Gasteiger partial charge on any atom is 0.119 e. The van der Waals surface area contributed by atoms with Crippen LogP contribution in [-0.2, 0) is 11.3 Å². The number of hydrogen-bond acceptors (Lipinski definition) is 3. The lowest BCUT2D eigenvalue weighted by Crippen LogP contribution is -2.08. The minimum absolute atomic E-state index is 0.0943. The average Bonchev–Trinajstić information content (AvgIpc) is 2.99. The molecule has 0 atom stereocenters. The molecule has 0 aromatic heterocycles. The second-order valence-corrected chi connectivity index (χ2v) is 5.02. The third-order valence-electron chi connectivity index (χ3n) is 3.55. The number of aliphatic hydroxyl groups excluding tert-OH is 1. The summed E-state index contributed by atoms with van der Waals surface area (Å²) in [5.41, 5.74) is 2.01. The molecule has 0 amide bonds. The second kappa shape index (κ2) is 7.94. The van der Waals surface area contributed by atoms with Crippen LogP contribution in [0.15, 0.2) is 18.2 Å². The van der Waals surface area contributed by atoms with Gasteiger partial charge >= 0.3 is 0 Å². The van der Waals surface area contributed by atoms with E-state index in [1.807, 2.05) is 18.2 Å². The van der Waals surface area contributed by atoms with Gasteiger partial charge in [0.2, 0.25) is 0 Å². The first-order valence-electron chi connectivity index (χ1n) is 7.21. The highest BCUT2D eigenvalue weighted by Gasteiger charge is 2.16. The van der Waals surface area contributed by atoms with Crippen LogP contribution in [-0.4, -0.2) is 24.9 Å². The van der Waals surface area contributed by atoms with E-state index in [1.165, 1.54) is 12.8 Å². The van der Waals surface area contributed by atoms with Crippen LogP contribution in [0.5, 0.6) is 5.75 Å². The molecule has 0 aliphatic heterocycles. The summed E-state index contributed by atoms with van der Waals surface area (Å²) in [6.45, 7) is 0.669. The number of benzene rings is 1. The van der Waals surface area contributed by atoms with Gasteiger partial charge in [-0.1, -0.05) is 24.7 Å². The van der Waals surface area contributed by atoms with Gasteiger partial charge in [-0.05, 0) is 36.6 Å². The van der Waals surface area contributed by atoms with Crippen molar-refractivity contribution in [2.75, 3.05) is 13.7 Å². The molecule has 108 valence electrons. The van der Waals surface area contributed by atoms with Crippen LogP contribution in [0.25, 0.3) is 0 Å². The van der Waals surface area contributed by atoms with Gasteiger partial charge in [-0.2, -0.15) is 0 Å². The monoisotopic (exact) mass is 274 g/mol. The Labute approximate surface area is 120 Å². The highest BCUT2D eigenvalue weighted by atomic mass is 16.5. The Morgan fingerprint density at radius 3 is 2.80 bits per heavy atom. The molecule has 1 aromatic rings. The summed E-state index contributed by atoms with van der Waals surface area (Å²) in [5, 5.41) is 8.80. The number of hydrogen-bond donors (Lipinski definition) is 1. The largest absolute Gasteiger partial charge is 0.497 e. The Morgan fingerprint density at radius 1 is 1.30 bits per heavy atom. The topological polar surface area (TPSA) is 38.7 Å². The standard InChI is InChI=1S/C17H22O3/c1-19-17-10-9-14(6-4-5-11-18)15(12-17)13-20-16-7-2-3-8-16/h9-10,12,16,18H,2-3,5,7-8,11,13H2,1H3. The van der Waals surface area contributed by atoms with E-state index in [1.54, 1.807) is 7.11 Å². The van der Waals surface area contributed by atoms with Gasteiger partial charge < -0.3 is 14.6 Å². The molecule has 0 heterocycles. The summed E-state index contributed by atoms with van der Waals surface area (Å²) in [6, 6.07) is 5.84. The van der Waals surface area contributed by atoms with E-state index in [9.17, 15) is 0 Å². The summed E-state index contributed by atoms with van der Waals surface area (Å²) in [5.74, 6) is 6.88. The van der Waals surface area contributed by atoms with Crippen molar-refractivity contribution >= 4 is 0 Å². The van der Waals surface area contributed by atoms with Crippen LogP contribution in [0.2, 0.25) is 0 Å². The zero-order chi connectivity index (χ0) is 14.2. The number of ether oxygens (including phenoxy) is 2. The molecule has 0 saturated heterocycles. The first kappa shape index (κ1) is 14.9. The third kappa shape index (κ3) is 4.26. The summed E-state index contributed by atoms with van der Waals surface area (Å²) in [4.78, 5) is 0. The number of aliphatic hydroxyl groups is 1. The first-order valence-corrected chi connectivity index (χ1v) is 7.21. The van der Waals surface area contributed by atoms with E-state index in [4.69, 9.17) is 14.6 Å². The van der Waals surface area contributed by atoms with Crippen LogP contribution < -0.4 is 4.74 Å². The lowest BCUT2D eigenvalue weighted by atomic mass is 10.1. The van der Waals surface area contributed by atoms with Gasteiger partial charge in [0, 0.05) is 12.0 Å². The fourth-order valence-electron chi connectivity index (χ4n) is 2.41. The van der Waals surface area contributed by atoms with E-state index >= 15 is 0 Å². The molecule has 0 bridgehead atoms. The summed E-state index contributed by atoms with van der Waals surface area (Å²) in [6.07, 6.45) is 5.75. The second-order valence-electron chi connectivity index (χ2n) is 5.02. The van der Waals surface area contributed by atoms with Crippen LogP contribution in [0.1, 0.15) is 43.2 Å². The molecule has 2 rings (SSSR count). The van der Waals surface area contributed by atoms with E-state index in [2.05, 4.69) is 11.8 Å². The highest BCUT2D eigenvalue weighted by molar-refractivity contribution is 5.45. The summed E-state index contributed by atoms with van der Waals surface area (Å²) in [7, 11) is 1.66. The Kier molecular flexibility index (Phi) is 5.91. The van der Waals surface area contributed by atoms with Gasteiger partial charge in [-0.15, -0.1) is 0 Å². The molecule has 3 nitrogen and oxygen atoms in total. The van der Waals surface area contributed by atoms with Crippen molar-refractivity contribution < 1.29 is 14.6 Å². The molecule has 0 spiro atoms. The summed E-state index contributed by atoms with van der Waals surface area (Å²) >= 11 is 0. The van der Waals surface area contributed by atoms with Crippen molar-refractivity contribution in [3.63, 3.8) is 0 Å². The normalized spacial score (nSPS) is 14.9. The van der Waals surface area contributed by atoms with Crippen molar-refractivity contribution in [3.8, 4) is 17.6 Å². The molecular weight excluding hydrogens is 252 g/mol. The zero-order valence-electron chi connectivity index (χ0n) is 12.0. The van der Waals surface area contributed by atoms with Crippen molar-refractivity contribution in [2.45, 2.75) is 44.8 Å². The molecule has 20 heavy (non-hydrogen) atoms. The van der Waals surface area contributed by atoms with E-state index in [0.29, 0.717) is 19.1 Å². The number of rotatable bonds is 5. The van der Waals surface area contributed by atoms with Crippen LogP contribution in [0.4, 0.5) is 0 Å². The molecule has 3 heteroatoms. The Balaban J connectivity index is 2.07. The lowest BCUT2D eigenvalue weighted by Gasteiger charge is -2.13. The smallest absolute Gasteiger partial charge is 0.119 e. The van der Waals surface area contributed by atoms with E-state index < -0.39 is 0 Å². The maximum atomic E-state index is 8.80. The van der Waals surface area contributed by atoms with Crippen molar-refractivity contribution in [2.24, 2.45) is 0 Å². The van der Waals surface area contributed by atoms with Crippen molar-refractivity contribution in [1.82, 2.24) is 0 Å². The molecule has 1 aromatic carbocycles. The van der Waals surface area contributed by atoms with Crippen LogP contribution in [0.3, 0.4) is 0 Å². The maximum absolute atomic E-state index is 8.80. The average molecular weight is 274 g/mol. The van der Waals surface area contributed by atoms with Gasteiger partial charge in [-0.25, -0.2) is 0 Å². The van der Waals surface area contributed by atoms with Gasteiger partial charge in [-0.3, -0.25) is 0 Å². The van der Waals surface area contributed by atoms with E-state index in [0.717, 1.165) is 29.7 Å². The van der Waals surface area contributed by atoms with E-state index in [-0.39, 0.29) is 6.61 Å². The molecule has 0 radical (unpaired) electrons.